The Balaban J connectivity index is 1.52. The van der Waals surface area contributed by atoms with Gasteiger partial charge in [-0.15, -0.1) is 0 Å². The lowest BCUT2D eigenvalue weighted by atomic mass is 9.71. The molecule has 1 aromatic rings. The molecule has 1 amide bonds. The maximum absolute atomic E-state index is 13.3. The van der Waals surface area contributed by atoms with Crippen LogP contribution in [0.1, 0.15) is 18.7 Å². The van der Waals surface area contributed by atoms with Gasteiger partial charge in [-0.2, -0.15) is 0 Å². The second kappa shape index (κ2) is 7.05. The summed E-state index contributed by atoms with van der Waals surface area (Å²) in [6.07, 6.45) is 5.77. The minimum atomic E-state index is 0.0544. The van der Waals surface area contributed by atoms with Gasteiger partial charge in [0.05, 0.1) is 25.7 Å². The van der Waals surface area contributed by atoms with Gasteiger partial charge in [0, 0.05) is 64.2 Å². The number of aromatic nitrogens is 2. The zero-order valence-corrected chi connectivity index (χ0v) is 15.0. The largest absolute Gasteiger partial charge is 0.381 e. The van der Waals surface area contributed by atoms with Crippen LogP contribution in [-0.2, 0) is 27.9 Å². The van der Waals surface area contributed by atoms with Gasteiger partial charge in [0.1, 0.15) is 5.82 Å². The number of nitrogens with zero attached hydrogens (tertiary/aromatic N) is 4. The third kappa shape index (κ3) is 3.32. The number of aryl methyl sites for hydroxylation is 1. The lowest BCUT2D eigenvalue weighted by molar-refractivity contribution is -0.144. The summed E-state index contributed by atoms with van der Waals surface area (Å²) in [6, 6.07) is 0. The van der Waals surface area contributed by atoms with E-state index in [1.54, 1.807) is 0 Å². The van der Waals surface area contributed by atoms with Crippen LogP contribution in [0.25, 0.3) is 0 Å². The highest BCUT2D eigenvalue weighted by molar-refractivity contribution is 5.80. The Kier molecular flexibility index (Phi) is 4.80. The van der Waals surface area contributed by atoms with Gasteiger partial charge >= 0.3 is 0 Å². The highest BCUT2D eigenvalue weighted by Gasteiger charge is 2.51. The molecule has 3 aliphatic rings. The van der Waals surface area contributed by atoms with E-state index in [0.29, 0.717) is 19.1 Å². The molecule has 3 fully saturated rings. The number of hydrogen-bond donors (Lipinski definition) is 0. The van der Waals surface area contributed by atoms with E-state index in [4.69, 9.17) is 9.47 Å². The predicted octanol–water partition coefficient (Wildman–Crippen LogP) is 0.508. The monoisotopic (exact) mass is 348 g/mol. The first-order valence-electron chi connectivity index (χ1n) is 9.31. The smallest absolute Gasteiger partial charge is 0.227 e. The molecule has 1 spiro atoms. The average Bonchev–Trinajstić information content (AvgIpc) is 3.20. The molecular weight excluding hydrogens is 320 g/mol. The number of likely N-dealkylation sites (tertiary alicyclic amines) is 1. The van der Waals surface area contributed by atoms with Gasteiger partial charge in [0.2, 0.25) is 5.91 Å². The van der Waals surface area contributed by atoms with E-state index in [-0.39, 0.29) is 11.3 Å². The van der Waals surface area contributed by atoms with Gasteiger partial charge in [-0.1, -0.05) is 0 Å². The van der Waals surface area contributed by atoms with E-state index >= 15 is 0 Å². The summed E-state index contributed by atoms with van der Waals surface area (Å²) in [5.74, 6) is 1.43. The average molecular weight is 348 g/mol. The van der Waals surface area contributed by atoms with E-state index in [2.05, 4.69) is 14.5 Å². The Morgan fingerprint density at radius 1 is 1.24 bits per heavy atom. The molecule has 3 saturated heterocycles. The van der Waals surface area contributed by atoms with Crippen molar-refractivity contribution in [2.24, 2.45) is 18.4 Å². The SMILES string of the molecule is Cn1ccnc1CN1C[C@H](C(=O)N2CCOCC2)C2(CCOCC2)C1. The fraction of sp³-hybridized carbons (Fsp3) is 0.778. The van der Waals surface area contributed by atoms with Crippen LogP contribution in [0.4, 0.5) is 0 Å². The van der Waals surface area contributed by atoms with Crippen LogP contribution in [0.15, 0.2) is 12.4 Å². The quantitative estimate of drug-likeness (QED) is 0.796. The molecule has 4 rings (SSSR count). The molecule has 7 heteroatoms. The number of hydrogen-bond acceptors (Lipinski definition) is 5. The van der Waals surface area contributed by atoms with E-state index in [9.17, 15) is 4.79 Å². The van der Waals surface area contributed by atoms with Crippen molar-refractivity contribution < 1.29 is 14.3 Å². The molecule has 0 aromatic carbocycles. The minimum Gasteiger partial charge on any atom is -0.381 e. The maximum atomic E-state index is 13.3. The highest BCUT2D eigenvalue weighted by Crippen LogP contribution is 2.45. The third-order valence-electron chi connectivity index (χ3n) is 6.11. The Morgan fingerprint density at radius 3 is 2.64 bits per heavy atom. The minimum absolute atomic E-state index is 0.0544. The standard InChI is InChI=1S/C18H28N4O3/c1-20-5-4-19-16(20)13-21-12-15(17(23)22-6-10-25-11-7-22)18(14-21)2-8-24-9-3-18/h4-5,15H,2-3,6-14H2,1H3/t15-/m1/s1. The van der Waals surface area contributed by atoms with Crippen LogP contribution in [0.2, 0.25) is 0 Å². The number of carbonyl (C=O) groups excluding carboxylic acids is 1. The topological polar surface area (TPSA) is 59.8 Å². The second-order valence-corrected chi connectivity index (χ2v) is 7.59. The number of morpholine rings is 1. The molecule has 0 unspecified atom stereocenters. The van der Waals surface area contributed by atoms with Crippen molar-refractivity contribution in [2.75, 3.05) is 52.6 Å². The number of rotatable bonds is 3. The molecule has 0 radical (unpaired) electrons. The first kappa shape index (κ1) is 17.0. The van der Waals surface area contributed by atoms with Crippen molar-refractivity contribution >= 4 is 5.91 Å². The van der Waals surface area contributed by atoms with Gasteiger partial charge in [0.25, 0.3) is 0 Å². The number of ether oxygens (including phenoxy) is 2. The summed E-state index contributed by atoms with van der Waals surface area (Å²) in [5.41, 5.74) is 0.0544. The lowest BCUT2D eigenvalue weighted by Gasteiger charge is -2.40. The van der Waals surface area contributed by atoms with Crippen molar-refractivity contribution in [1.82, 2.24) is 19.4 Å². The molecule has 1 atom stereocenters. The molecular formula is C18H28N4O3. The van der Waals surface area contributed by atoms with Crippen LogP contribution >= 0.6 is 0 Å². The lowest BCUT2D eigenvalue weighted by Crippen LogP contribution is -2.49. The van der Waals surface area contributed by atoms with E-state index in [0.717, 1.165) is 64.6 Å². The van der Waals surface area contributed by atoms with Crippen LogP contribution in [0.5, 0.6) is 0 Å². The first-order valence-corrected chi connectivity index (χ1v) is 9.31. The second-order valence-electron chi connectivity index (χ2n) is 7.59. The zero-order valence-electron chi connectivity index (χ0n) is 15.0. The summed E-state index contributed by atoms with van der Waals surface area (Å²) < 4.78 is 13.1. The number of imidazole rings is 1. The molecule has 0 bridgehead atoms. The molecule has 1 aromatic heterocycles. The maximum Gasteiger partial charge on any atom is 0.227 e. The van der Waals surface area contributed by atoms with Gasteiger partial charge < -0.3 is 18.9 Å². The first-order chi connectivity index (χ1) is 12.2. The van der Waals surface area contributed by atoms with Crippen molar-refractivity contribution in [1.29, 1.82) is 0 Å². The van der Waals surface area contributed by atoms with Crippen LogP contribution in [0, 0.1) is 11.3 Å². The van der Waals surface area contributed by atoms with Crippen LogP contribution in [0.3, 0.4) is 0 Å². The molecule has 7 nitrogen and oxygen atoms in total. The Morgan fingerprint density at radius 2 is 1.96 bits per heavy atom. The van der Waals surface area contributed by atoms with Crippen molar-refractivity contribution in [2.45, 2.75) is 19.4 Å². The summed E-state index contributed by atoms with van der Waals surface area (Å²) >= 11 is 0. The molecule has 0 N–H and O–H groups in total. The summed E-state index contributed by atoms with van der Waals surface area (Å²) in [4.78, 5) is 22.2. The normalized spacial score (nSPS) is 27.1. The molecule has 3 aliphatic heterocycles. The fourth-order valence-corrected chi connectivity index (χ4v) is 4.57. The van der Waals surface area contributed by atoms with Gasteiger partial charge in [-0.25, -0.2) is 4.98 Å². The molecule has 25 heavy (non-hydrogen) atoms. The van der Waals surface area contributed by atoms with Gasteiger partial charge in [0.15, 0.2) is 0 Å². The Bertz CT molecular complexity index is 605. The Labute approximate surface area is 148 Å². The van der Waals surface area contributed by atoms with Gasteiger partial charge in [-0.3, -0.25) is 9.69 Å². The van der Waals surface area contributed by atoms with Crippen molar-refractivity contribution in [3.05, 3.63) is 18.2 Å². The molecule has 138 valence electrons. The predicted molar refractivity (Wildman–Crippen MR) is 91.9 cm³/mol. The fourth-order valence-electron chi connectivity index (χ4n) is 4.57. The molecule has 0 saturated carbocycles. The van der Waals surface area contributed by atoms with Crippen molar-refractivity contribution in [3.63, 3.8) is 0 Å². The highest BCUT2D eigenvalue weighted by atomic mass is 16.5. The summed E-state index contributed by atoms with van der Waals surface area (Å²) in [6.45, 7) is 6.89. The third-order valence-corrected chi connectivity index (χ3v) is 6.11. The summed E-state index contributed by atoms with van der Waals surface area (Å²) in [7, 11) is 2.03. The number of amides is 1. The zero-order chi connectivity index (χ0) is 17.3. The number of carbonyl (C=O) groups is 1. The van der Waals surface area contributed by atoms with E-state index < -0.39 is 0 Å². The van der Waals surface area contributed by atoms with Crippen molar-refractivity contribution in [3.8, 4) is 0 Å². The van der Waals surface area contributed by atoms with E-state index in [1.807, 2.05) is 24.3 Å². The van der Waals surface area contributed by atoms with Gasteiger partial charge in [-0.05, 0) is 12.8 Å². The van der Waals surface area contributed by atoms with E-state index in [1.165, 1.54) is 0 Å². The van der Waals surface area contributed by atoms with Crippen LogP contribution < -0.4 is 0 Å². The summed E-state index contributed by atoms with van der Waals surface area (Å²) in [5, 5.41) is 0. The molecule has 4 heterocycles. The Hall–Kier alpha value is -1.44. The van der Waals surface area contributed by atoms with Crippen LogP contribution in [-0.4, -0.2) is 77.9 Å². The molecule has 0 aliphatic carbocycles.